The van der Waals surface area contributed by atoms with Gasteiger partial charge in [0, 0.05) is 5.02 Å². The molecule has 0 heterocycles. The lowest BCUT2D eigenvalue weighted by Crippen LogP contribution is -2.04. The lowest BCUT2D eigenvalue weighted by atomic mass is 10.1. The average Bonchev–Trinajstić information content (AvgIpc) is 2.20. The van der Waals surface area contributed by atoms with E-state index in [9.17, 15) is 0 Å². The molecule has 1 aromatic carbocycles. The third-order valence-corrected chi connectivity index (χ3v) is 3.04. The summed E-state index contributed by atoms with van der Waals surface area (Å²) in [6.07, 6.45) is 1.38. The summed E-state index contributed by atoms with van der Waals surface area (Å²) in [5.74, 6) is 0.852. The van der Waals surface area contributed by atoms with E-state index in [1.165, 1.54) is 0 Å². The molecule has 1 rings (SSSR count). The SMILES string of the molecule is Cc1cc(OCCCC(C)O)cc(C)c1Cl. The zero-order chi connectivity index (χ0) is 12.1. The first-order valence-electron chi connectivity index (χ1n) is 5.58. The van der Waals surface area contributed by atoms with Crippen molar-refractivity contribution in [3.05, 3.63) is 28.3 Å². The van der Waals surface area contributed by atoms with Gasteiger partial charge < -0.3 is 9.84 Å². The van der Waals surface area contributed by atoms with Crippen LogP contribution in [0.2, 0.25) is 5.02 Å². The Morgan fingerprint density at radius 1 is 1.31 bits per heavy atom. The summed E-state index contributed by atoms with van der Waals surface area (Å²) in [5, 5.41) is 9.90. The molecule has 0 aliphatic heterocycles. The van der Waals surface area contributed by atoms with Crippen LogP contribution in [0.5, 0.6) is 5.75 Å². The number of aryl methyl sites for hydroxylation is 2. The molecule has 1 aromatic rings. The summed E-state index contributed by atoms with van der Waals surface area (Å²) < 4.78 is 5.60. The van der Waals surface area contributed by atoms with Gasteiger partial charge in [0.05, 0.1) is 12.7 Å². The Balaban J connectivity index is 2.49. The van der Waals surface area contributed by atoms with Gasteiger partial charge in [-0.3, -0.25) is 0 Å². The Hall–Kier alpha value is -0.730. The second-order valence-corrected chi connectivity index (χ2v) is 4.59. The summed E-state index contributed by atoms with van der Waals surface area (Å²) in [5.41, 5.74) is 2.07. The maximum Gasteiger partial charge on any atom is 0.119 e. The van der Waals surface area contributed by atoms with Gasteiger partial charge in [0.1, 0.15) is 5.75 Å². The number of hydrogen-bond donors (Lipinski definition) is 1. The lowest BCUT2D eigenvalue weighted by molar-refractivity contribution is 0.170. The third-order valence-electron chi connectivity index (χ3n) is 2.44. The van der Waals surface area contributed by atoms with Gasteiger partial charge in [0.2, 0.25) is 0 Å². The minimum Gasteiger partial charge on any atom is -0.494 e. The van der Waals surface area contributed by atoms with Crippen molar-refractivity contribution < 1.29 is 9.84 Å². The Labute approximate surface area is 102 Å². The van der Waals surface area contributed by atoms with Crippen molar-refractivity contribution in [1.29, 1.82) is 0 Å². The van der Waals surface area contributed by atoms with E-state index in [0.717, 1.165) is 34.7 Å². The lowest BCUT2D eigenvalue weighted by Gasteiger charge is -2.10. The van der Waals surface area contributed by atoms with Crippen molar-refractivity contribution in [2.24, 2.45) is 0 Å². The van der Waals surface area contributed by atoms with Crippen LogP contribution in [-0.2, 0) is 0 Å². The molecule has 0 spiro atoms. The number of aliphatic hydroxyl groups excluding tert-OH is 1. The number of aliphatic hydroxyl groups is 1. The van der Waals surface area contributed by atoms with Crippen LogP contribution < -0.4 is 4.74 Å². The fraction of sp³-hybridized carbons (Fsp3) is 0.538. The predicted octanol–water partition coefficient (Wildman–Crippen LogP) is 3.50. The van der Waals surface area contributed by atoms with Gasteiger partial charge in [-0.15, -0.1) is 0 Å². The second-order valence-electron chi connectivity index (χ2n) is 4.21. The minimum absolute atomic E-state index is 0.253. The molecule has 1 atom stereocenters. The van der Waals surface area contributed by atoms with Gasteiger partial charge in [0.25, 0.3) is 0 Å². The Morgan fingerprint density at radius 3 is 2.38 bits per heavy atom. The molecule has 0 fully saturated rings. The normalized spacial score (nSPS) is 12.6. The van der Waals surface area contributed by atoms with Crippen molar-refractivity contribution in [3.8, 4) is 5.75 Å². The van der Waals surface area contributed by atoms with Crippen molar-refractivity contribution in [2.45, 2.75) is 39.7 Å². The van der Waals surface area contributed by atoms with E-state index >= 15 is 0 Å². The highest BCUT2D eigenvalue weighted by Crippen LogP contribution is 2.25. The van der Waals surface area contributed by atoms with Gasteiger partial charge in [-0.1, -0.05) is 11.6 Å². The summed E-state index contributed by atoms with van der Waals surface area (Å²) in [4.78, 5) is 0. The summed E-state index contributed by atoms with van der Waals surface area (Å²) in [6, 6.07) is 3.88. The van der Waals surface area contributed by atoms with Gasteiger partial charge in [-0.05, 0) is 56.9 Å². The monoisotopic (exact) mass is 242 g/mol. The highest BCUT2D eigenvalue weighted by Gasteiger charge is 2.03. The first kappa shape index (κ1) is 13.3. The van der Waals surface area contributed by atoms with Crippen molar-refractivity contribution in [3.63, 3.8) is 0 Å². The van der Waals surface area contributed by atoms with E-state index in [4.69, 9.17) is 21.4 Å². The van der Waals surface area contributed by atoms with Crippen LogP contribution >= 0.6 is 11.6 Å². The fourth-order valence-electron chi connectivity index (χ4n) is 1.56. The predicted molar refractivity (Wildman–Crippen MR) is 67.3 cm³/mol. The van der Waals surface area contributed by atoms with Crippen LogP contribution in [0.3, 0.4) is 0 Å². The van der Waals surface area contributed by atoms with Gasteiger partial charge in [0.15, 0.2) is 0 Å². The quantitative estimate of drug-likeness (QED) is 0.801. The van der Waals surface area contributed by atoms with Crippen LogP contribution in [0, 0.1) is 13.8 Å². The fourth-order valence-corrected chi connectivity index (χ4v) is 1.67. The number of benzene rings is 1. The number of rotatable bonds is 5. The standard InChI is InChI=1S/C13H19ClO2/c1-9-7-12(8-10(2)13(9)14)16-6-4-5-11(3)15/h7-8,11,15H,4-6H2,1-3H3. The van der Waals surface area contributed by atoms with E-state index in [1.54, 1.807) is 6.92 Å². The Morgan fingerprint density at radius 2 is 1.88 bits per heavy atom. The second kappa shape index (κ2) is 6.12. The Kier molecular flexibility index (Phi) is 5.10. The molecule has 2 nitrogen and oxygen atoms in total. The first-order chi connectivity index (χ1) is 7.50. The van der Waals surface area contributed by atoms with Gasteiger partial charge in [-0.2, -0.15) is 0 Å². The molecular formula is C13H19ClO2. The number of halogens is 1. The van der Waals surface area contributed by atoms with Crippen molar-refractivity contribution in [2.75, 3.05) is 6.61 Å². The van der Waals surface area contributed by atoms with Crippen LogP contribution in [0.15, 0.2) is 12.1 Å². The highest BCUT2D eigenvalue weighted by atomic mass is 35.5. The van der Waals surface area contributed by atoms with Crippen LogP contribution in [0.1, 0.15) is 30.9 Å². The van der Waals surface area contributed by atoms with Crippen LogP contribution in [0.25, 0.3) is 0 Å². The molecule has 0 radical (unpaired) electrons. The molecule has 0 saturated carbocycles. The van der Waals surface area contributed by atoms with Gasteiger partial charge >= 0.3 is 0 Å². The molecule has 3 heteroatoms. The zero-order valence-corrected chi connectivity index (χ0v) is 10.8. The summed E-state index contributed by atoms with van der Waals surface area (Å²) >= 11 is 6.06. The number of hydrogen-bond acceptors (Lipinski definition) is 2. The van der Waals surface area contributed by atoms with Crippen molar-refractivity contribution in [1.82, 2.24) is 0 Å². The minimum atomic E-state index is -0.253. The summed E-state index contributed by atoms with van der Waals surface area (Å²) in [7, 11) is 0. The van der Waals surface area contributed by atoms with E-state index in [2.05, 4.69) is 0 Å². The van der Waals surface area contributed by atoms with E-state index in [0.29, 0.717) is 6.61 Å². The van der Waals surface area contributed by atoms with Crippen molar-refractivity contribution >= 4 is 11.6 Å². The highest BCUT2D eigenvalue weighted by molar-refractivity contribution is 6.32. The molecule has 0 aliphatic carbocycles. The molecule has 0 amide bonds. The topological polar surface area (TPSA) is 29.5 Å². The average molecular weight is 243 g/mol. The molecule has 1 N–H and O–H groups in total. The van der Waals surface area contributed by atoms with Gasteiger partial charge in [-0.25, -0.2) is 0 Å². The maximum atomic E-state index is 9.10. The molecule has 90 valence electrons. The first-order valence-corrected chi connectivity index (χ1v) is 5.96. The third kappa shape index (κ3) is 4.03. The molecular weight excluding hydrogens is 224 g/mol. The molecule has 0 saturated heterocycles. The largest absolute Gasteiger partial charge is 0.494 e. The van der Waals surface area contributed by atoms with Crippen LogP contribution in [0.4, 0.5) is 0 Å². The zero-order valence-electron chi connectivity index (χ0n) is 10.1. The van der Waals surface area contributed by atoms with E-state index < -0.39 is 0 Å². The molecule has 0 aromatic heterocycles. The summed E-state index contributed by atoms with van der Waals surface area (Å²) in [6.45, 7) is 6.36. The molecule has 1 unspecified atom stereocenters. The molecule has 0 aliphatic rings. The van der Waals surface area contributed by atoms with E-state index in [1.807, 2.05) is 26.0 Å². The van der Waals surface area contributed by atoms with Crippen LogP contribution in [-0.4, -0.2) is 17.8 Å². The maximum absolute atomic E-state index is 9.10. The Bertz CT molecular complexity index is 325. The molecule has 16 heavy (non-hydrogen) atoms. The smallest absolute Gasteiger partial charge is 0.119 e. The van der Waals surface area contributed by atoms with E-state index in [-0.39, 0.29) is 6.10 Å². The number of ether oxygens (including phenoxy) is 1. The molecule has 0 bridgehead atoms.